The van der Waals surface area contributed by atoms with Crippen LogP contribution in [-0.2, 0) is 13.5 Å². The first kappa shape index (κ1) is 20.6. The molecule has 9 heteroatoms. The number of hydrogen-bond donors (Lipinski definition) is 2. The highest BCUT2D eigenvalue weighted by Crippen LogP contribution is 2.32. The Labute approximate surface area is 177 Å². The lowest BCUT2D eigenvalue weighted by atomic mass is 9.90. The van der Waals surface area contributed by atoms with Gasteiger partial charge in [-0.25, -0.2) is 8.78 Å². The molecule has 2 N–H and O–H groups in total. The fourth-order valence-corrected chi connectivity index (χ4v) is 3.98. The zero-order valence-electron chi connectivity index (χ0n) is 17.1. The molecule has 160 valence electrons. The number of pyridine rings is 1. The highest BCUT2D eigenvalue weighted by atomic mass is 19.1. The SMILES string of the molecule is Cc1nn(C)c2c1C(NC(=O)c1cc(NC(=O)c3cccnc3)c(F)cc1F)CCC2. The van der Waals surface area contributed by atoms with E-state index in [-0.39, 0.29) is 22.9 Å². The summed E-state index contributed by atoms with van der Waals surface area (Å²) in [4.78, 5) is 29.0. The zero-order chi connectivity index (χ0) is 22.1. The number of nitrogens with zero attached hydrogens (tertiary/aromatic N) is 3. The molecule has 1 atom stereocenters. The normalized spacial score (nSPS) is 15.3. The van der Waals surface area contributed by atoms with Crippen molar-refractivity contribution in [3.63, 3.8) is 0 Å². The summed E-state index contributed by atoms with van der Waals surface area (Å²) in [6, 6.07) is 4.36. The third-order valence-corrected chi connectivity index (χ3v) is 5.42. The molecule has 2 heterocycles. The zero-order valence-corrected chi connectivity index (χ0v) is 17.1. The van der Waals surface area contributed by atoms with Crippen LogP contribution in [0.15, 0.2) is 36.7 Å². The highest BCUT2D eigenvalue weighted by Gasteiger charge is 2.28. The standard InChI is InChI=1S/C22H21F2N5O2/c1-12-20-17(6-3-7-19(20)29(2)28-12)26-22(31)14-9-18(16(24)10-15(14)23)27-21(30)13-5-4-8-25-11-13/h4-5,8-11,17H,3,6-7H2,1-2H3,(H,26,31)(H,27,30). The molecule has 4 rings (SSSR count). The molecule has 7 nitrogen and oxygen atoms in total. The fraction of sp³-hybridized carbons (Fsp3) is 0.273. The lowest BCUT2D eigenvalue weighted by Gasteiger charge is -2.24. The van der Waals surface area contributed by atoms with Crippen molar-refractivity contribution in [2.24, 2.45) is 7.05 Å². The van der Waals surface area contributed by atoms with Gasteiger partial charge >= 0.3 is 0 Å². The number of anilines is 1. The van der Waals surface area contributed by atoms with Crippen LogP contribution in [0.25, 0.3) is 0 Å². The maximum Gasteiger partial charge on any atom is 0.257 e. The van der Waals surface area contributed by atoms with Crippen molar-refractivity contribution in [1.82, 2.24) is 20.1 Å². The Kier molecular flexibility index (Phi) is 5.50. The van der Waals surface area contributed by atoms with Gasteiger partial charge in [0.2, 0.25) is 0 Å². The topological polar surface area (TPSA) is 88.9 Å². The van der Waals surface area contributed by atoms with Gasteiger partial charge in [-0.05, 0) is 44.4 Å². The Morgan fingerprint density at radius 2 is 2.00 bits per heavy atom. The van der Waals surface area contributed by atoms with E-state index >= 15 is 0 Å². The van der Waals surface area contributed by atoms with E-state index in [1.54, 1.807) is 10.7 Å². The summed E-state index contributed by atoms with van der Waals surface area (Å²) in [7, 11) is 1.85. The molecule has 1 aromatic carbocycles. The van der Waals surface area contributed by atoms with E-state index in [1.807, 2.05) is 14.0 Å². The number of benzene rings is 1. The van der Waals surface area contributed by atoms with Crippen molar-refractivity contribution < 1.29 is 18.4 Å². The molecule has 31 heavy (non-hydrogen) atoms. The van der Waals surface area contributed by atoms with E-state index in [2.05, 4.69) is 20.7 Å². The first-order valence-electron chi connectivity index (χ1n) is 9.88. The summed E-state index contributed by atoms with van der Waals surface area (Å²) in [6.45, 7) is 1.87. The number of amides is 2. The molecule has 0 aliphatic heterocycles. The molecule has 1 aliphatic rings. The van der Waals surface area contributed by atoms with Crippen LogP contribution in [0.4, 0.5) is 14.5 Å². The first-order chi connectivity index (χ1) is 14.8. The summed E-state index contributed by atoms with van der Waals surface area (Å²) in [5.74, 6) is -3.29. The van der Waals surface area contributed by atoms with Gasteiger partial charge in [-0.3, -0.25) is 19.3 Å². The predicted molar refractivity (Wildman–Crippen MR) is 110 cm³/mol. The fourth-order valence-electron chi connectivity index (χ4n) is 3.98. The van der Waals surface area contributed by atoms with E-state index < -0.39 is 23.4 Å². The summed E-state index contributed by atoms with van der Waals surface area (Å²) in [5.41, 5.74) is 2.36. The van der Waals surface area contributed by atoms with Gasteiger partial charge < -0.3 is 10.6 Å². The Morgan fingerprint density at radius 3 is 2.74 bits per heavy atom. The van der Waals surface area contributed by atoms with Crippen LogP contribution >= 0.6 is 0 Å². The summed E-state index contributed by atoms with van der Waals surface area (Å²) < 4.78 is 30.5. The van der Waals surface area contributed by atoms with Gasteiger partial charge in [0.05, 0.1) is 28.6 Å². The van der Waals surface area contributed by atoms with E-state index in [4.69, 9.17) is 0 Å². The second-order valence-corrected chi connectivity index (χ2v) is 7.50. The molecule has 3 aromatic rings. The van der Waals surface area contributed by atoms with Crippen molar-refractivity contribution >= 4 is 17.5 Å². The second kappa shape index (κ2) is 8.25. The van der Waals surface area contributed by atoms with Crippen LogP contribution in [-0.4, -0.2) is 26.6 Å². The quantitative estimate of drug-likeness (QED) is 0.670. The van der Waals surface area contributed by atoms with E-state index in [9.17, 15) is 18.4 Å². The lowest BCUT2D eigenvalue weighted by Crippen LogP contribution is -2.32. The van der Waals surface area contributed by atoms with E-state index in [0.29, 0.717) is 12.5 Å². The lowest BCUT2D eigenvalue weighted by molar-refractivity contribution is 0.0927. The van der Waals surface area contributed by atoms with Gasteiger partial charge in [-0.1, -0.05) is 0 Å². The number of fused-ring (bicyclic) bond motifs is 1. The first-order valence-corrected chi connectivity index (χ1v) is 9.88. The van der Waals surface area contributed by atoms with Crippen molar-refractivity contribution in [1.29, 1.82) is 0 Å². The molecule has 0 bridgehead atoms. The highest BCUT2D eigenvalue weighted by molar-refractivity contribution is 6.05. The van der Waals surface area contributed by atoms with Crippen LogP contribution in [0.2, 0.25) is 0 Å². The average molecular weight is 425 g/mol. The van der Waals surface area contributed by atoms with E-state index in [0.717, 1.165) is 35.9 Å². The number of halogens is 2. The van der Waals surface area contributed by atoms with Crippen molar-refractivity contribution in [3.8, 4) is 0 Å². The second-order valence-electron chi connectivity index (χ2n) is 7.50. The summed E-state index contributed by atoms with van der Waals surface area (Å²) in [6.07, 6.45) is 5.22. The number of aromatic nitrogens is 3. The van der Waals surface area contributed by atoms with E-state index in [1.165, 1.54) is 18.5 Å². The molecule has 1 unspecified atom stereocenters. The van der Waals surface area contributed by atoms with Gasteiger partial charge in [0, 0.05) is 36.8 Å². The van der Waals surface area contributed by atoms with Gasteiger partial charge in [0.15, 0.2) is 0 Å². The number of nitrogens with one attached hydrogen (secondary N) is 2. The number of hydrogen-bond acceptors (Lipinski definition) is 4. The molecular formula is C22H21F2N5O2. The van der Waals surface area contributed by atoms with Crippen LogP contribution in [0, 0.1) is 18.6 Å². The van der Waals surface area contributed by atoms with Crippen LogP contribution < -0.4 is 10.6 Å². The largest absolute Gasteiger partial charge is 0.345 e. The molecule has 1 aliphatic carbocycles. The van der Waals surface area contributed by atoms with Gasteiger partial charge in [-0.2, -0.15) is 5.10 Å². The molecule has 0 saturated carbocycles. The van der Waals surface area contributed by atoms with Crippen molar-refractivity contribution in [3.05, 3.63) is 76.4 Å². The predicted octanol–water partition coefficient (Wildman–Crippen LogP) is 3.46. The van der Waals surface area contributed by atoms with Crippen molar-refractivity contribution in [2.45, 2.75) is 32.2 Å². The molecular weight excluding hydrogens is 404 g/mol. The molecule has 0 fully saturated rings. The summed E-state index contributed by atoms with van der Waals surface area (Å²) in [5, 5.41) is 9.62. The van der Waals surface area contributed by atoms with Crippen LogP contribution in [0.5, 0.6) is 0 Å². The Hall–Kier alpha value is -3.62. The molecule has 0 radical (unpaired) electrons. The van der Waals surface area contributed by atoms with Gasteiger partial charge in [-0.15, -0.1) is 0 Å². The van der Waals surface area contributed by atoms with Crippen molar-refractivity contribution in [2.75, 3.05) is 5.32 Å². The molecule has 0 saturated heterocycles. The third-order valence-electron chi connectivity index (χ3n) is 5.42. The summed E-state index contributed by atoms with van der Waals surface area (Å²) >= 11 is 0. The van der Waals surface area contributed by atoms with Crippen LogP contribution in [0.3, 0.4) is 0 Å². The van der Waals surface area contributed by atoms with Gasteiger partial charge in [0.25, 0.3) is 11.8 Å². The number of aryl methyl sites for hydroxylation is 2. The van der Waals surface area contributed by atoms with Crippen LogP contribution in [0.1, 0.15) is 56.6 Å². The Morgan fingerprint density at radius 1 is 1.19 bits per heavy atom. The number of carbonyl (C=O) groups is 2. The molecule has 2 amide bonds. The minimum absolute atomic E-state index is 0.207. The maximum absolute atomic E-state index is 14.4. The number of rotatable bonds is 4. The number of carbonyl (C=O) groups excluding carboxylic acids is 2. The smallest absolute Gasteiger partial charge is 0.257 e. The third kappa shape index (κ3) is 4.03. The minimum Gasteiger partial charge on any atom is -0.345 e. The molecule has 2 aromatic heterocycles. The Balaban J connectivity index is 1.58. The van der Waals surface area contributed by atoms with Gasteiger partial charge in [0.1, 0.15) is 11.6 Å². The molecule has 0 spiro atoms. The monoisotopic (exact) mass is 425 g/mol. The maximum atomic E-state index is 14.4. The minimum atomic E-state index is -1.01. The average Bonchev–Trinajstić information content (AvgIpc) is 3.05. The Bertz CT molecular complexity index is 1160.